The van der Waals surface area contributed by atoms with E-state index in [0.717, 1.165) is 11.3 Å². The quantitative estimate of drug-likeness (QED) is 0.626. The minimum atomic E-state index is -0.956. The fourth-order valence-electron chi connectivity index (χ4n) is 2.29. The Morgan fingerprint density at radius 2 is 1.84 bits per heavy atom. The maximum atomic E-state index is 10.8. The third-order valence-corrected chi connectivity index (χ3v) is 4.32. The Balaban J connectivity index is 2.18. The van der Waals surface area contributed by atoms with Crippen molar-refractivity contribution in [1.82, 2.24) is 0 Å². The van der Waals surface area contributed by atoms with Crippen LogP contribution in [0.4, 0.5) is 5.69 Å². The second-order valence-electron chi connectivity index (χ2n) is 5.83. The van der Waals surface area contributed by atoms with E-state index in [2.05, 4.69) is 5.32 Å². The number of anilines is 1. The van der Waals surface area contributed by atoms with Gasteiger partial charge in [0.05, 0.1) is 27.2 Å². The smallest absolute Gasteiger partial charge is 0.307 e. The molecule has 25 heavy (non-hydrogen) atoms. The molecule has 2 rings (SSSR count). The second-order valence-corrected chi connectivity index (χ2v) is 7.02. The zero-order chi connectivity index (χ0) is 18.6. The molecule has 0 heterocycles. The summed E-state index contributed by atoms with van der Waals surface area (Å²) in [5.74, 6) is -0.655. The fourth-order valence-corrected chi connectivity index (χ4v) is 3.17. The summed E-state index contributed by atoms with van der Waals surface area (Å²) in [5, 5.41) is 13.2. The van der Waals surface area contributed by atoms with E-state index in [1.807, 2.05) is 32.0 Å². The first kappa shape index (κ1) is 19.7. The molecule has 134 valence electrons. The number of carboxylic acid groups (broad SMARTS) is 1. The van der Waals surface area contributed by atoms with Crippen molar-refractivity contribution < 1.29 is 14.6 Å². The molecule has 0 aromatic heterocycles. The molecule has 0 aliphatic carbocycles. The van der Waals surface area contributed by atoms with Gasteiger partial charge in [-0.15, -0.1) is 0 Å². The fraction of sp³-hybridized carbons (Fsp3) is 0.278. The third kappa shape index (κ3) is 5.43. The van der Waals surface area contributed by atoms with Crippen LogP contribution in [0.25, 0.3) is 0 Å². The monoisotopic (exact) mass is 401 g/mol. The first-order valence-electron chi connectivity index (χ1n) is 7.64. The summed E-state index contributed by atoms with van der Waals surface area (Å²) >= 11 is 18.8. The van der Waals surface area contributed by atoms with Crippen molar-refractivity contribution in [3.05, 3.63) is 56.5 Å². The summed E-state index contributed by atoms with van der Waals surface area (Å²) in [4.78, 5) is 10.8. The van der Waals surface area contributed by atoms with Crippen LogP contribution in [0.1, 0.15) is 25.0 Å². The summed E-state index contributed by atoms with van der Waals surface area (Å²) in [6, 6.07) is 8.96. The van der Waals surface area contributed by atoms with Crippen molar-refractivity contribution in [2.45, 2.75) is 32.9 Å². The van der Waals surface area contributed by atoms with Gasteiger partial charge in [-0.2, -0.15) is 0 Å². The molecule has 2 aromatic rings. The maximum Gasteiger partial charge on any atom is 0.307 e. The van der Waals surface area contributed by atoms with E-state index < -0.39 is 5.97 Å². The normalized spacial score (nSPS) is 10.8. The Morgan fingerprint density at radius 3 is 2.40 bits per heavy atom. The molecular formula is C18H18Cl3NO3. The predicted molar refractivity (Wildman–Crippen MR) is 102 cm³/mol. The molecule has 0 spiro atoms. The Labute approximate surface area is 161 Å². The highest BCUT2D eigenvalue weighted by Crippen LogP contribution is 2.36. The molecule has 0 saturated carbocycles. The van der Waals surface area contributed by atoms with Crippen molar-refractivity contribution >= 4 is 46.5 Å². The molecule has 0 aliphatic rings. The molecule has 2 aromatic carbocycles. The second kappa shape index (κ2) is 8.65. The zero-order valence-corrected chi connectivity index (χ0v) is 16.0. The molecule has 0 radical (unpaired) electrons. The average molecular weight is 403 g/mol. The van der Waals surface area contributed by atoms with Crippen LogP contribution < -0.4 is 10.1 Å². The Kier molecular flexibility index (Phi) is 6.82. The Hall–Kier alpha value is -1.62. The molecule has 0 aliphatic heterocycles. The standard InChI is InChI=1S/C18H18Cl3NO3/c1-10(2)22-15-5-3-4-12(17(15)21)9-25-18-13(19)6-11(7-14(18)20)8-16(23)24/h3-7,10,22H,8-9H2,1-2H3,(H,23,24). The van der Waals surface area contributed by atoms with Gasteiger partial charge in [0.25, 0.3) is 0 Å². The van der Waals surface area contributed by atoms with Gasteiger partial charge >= 0.3 is 5.97 Å². The molecular weight excluding hydrogens is 385 g/mol. The van der Waals surface area contributed by atoms with Crippen LogP contribution in [0.5, 0.6) is 5.75 Å². The molecule has 0 saturated heterocycles. The van der Waals surface area contributed by atoms with Crippen molar-refractivity contribution in [1.29, 1.82) is 0 Å². The van der Waals surface area contributed by atoms with Crippen molar-refractivity contribution in [3.63, 3.8) is 0 Å². The SMILES string of the molecule is CC(C)Nc1cccc(COc2c(Cl)cc(CC(=O)O)cc2Cl)c1Cl. The van der Waals surface area contributed by atoms with Crippen LogP contribution in [-0.4, -0.2) is 17.1 Å². The van der Waals surface area contributed by atoms with Gasteiger partial charge in [0.2, 0.25) is 0 Å². The Morgan fingerprint density at radius 1 is 1.20 bits per heavy atom. The van der Waals surface area contributed by atoms with E-state index in [-0.39, 0.29) is 29.1 Å². The van der Waals surface area contributed by atoms with Gasteiger partial charge in [0.1, 0.15) is 6.61 Å². The number of hydrogen-bond acceptors (Lipinski definition) is 3. The van der Waals surface area contributed by atoms with Crippen LogP contribution in [0, 0.1) is 0 Å². The largest absolute Gasteiger partial charge is 0.486 e. The van der Waals surface area contributed by atoms with E-state index in [1.165, 1.54) is 12.1 Å². The average Bonchev–Trinajstić information content (AvgIpc) is 2.48. The zero-order valence-electron chi connectivity index (χ0n) is 13.8. The number of nitrogens with one attached hydrogen (secondary N) is 1. The number of ether oxygens (including phenoxy) is 1. The molecule has 4 nitrogen and oxygen atoms in total. The third-order valence-electron chi connectivity index (χ3n) is 3.31. The van der Waals surface area contributed by atoms with Crippen LogP contribution in [0.3, 0.4) is 0 Å². The van der Waals surface area contributed by atoms with Gasteiger partial charge in [0.15, 0.2) is 5.75 Å². The molecule has 0 bridgehead atoms. The van der Waals surface area contributed by atoms with Gasteiger partial charge in [0, 0.05) is 11.6 Å². The number of aliphatic carboxylic acids is 1. The van der Waals surface area contributed by atoms with Gasteiger partial charge in [-0.1, -0.05) is 46.9 Å². The minimum Gasteiger partial charge on any atom is -0.486 e. The molecule has 0 amide bonds. The van der Waals surface area contributed by atoms with Gasteiger partial charge in [-0.25, -0.2) is 0 Å². The van der Waals surface area contributed by atoms with Crippen LogP contribution in [-0.2, 0) is 17.8 Å². The van der Waals surface area contributed by atoms with E-state index in [4.69, 9.17) is 44.6 Å². The Bertz CT molecular complexity index is 755. The summed E-state index contributed by atoms with van der Waals surface area (Å²) < 4.78 is 5.73. The number of carboxylic acids is 1. The lowest BCUT2D eigenvalue weighted by Gasteiger charge is -2.16. The molecule has 0 fully saturated rings. The molecule has 2 N–H and O–H groups in total. The predicted octanol–water partition coefficient (Wildman–Crippen LogP) is 5.67. The van der Waals surface area contributed by atoms with Crippen molar-refractivity contribution in [2.24, 2.45) is 0 Å². The summed E-state index contributed by atoms with van der Waals surface area (Å²) in [5.41, 5.74) is 2.12. The van der Waals surface area contributed by atoms with E-state index >= 15 is 0 Å². The maximum absolute atomic E-state index is 10.8. The number of hydrogen-bond donors (Lipinski definition) is 2. The van der Waals surface area contributed by atoms with Gasteiger partial charge < -0.3 is 15.2 Å². The topological polar surface area (TPSA) is 58.6 Å². The molecule has 0 unspecified atom stereocenters. The first-order valence-corrected chi connectivity index (χ1v) is 8.77. The number of rotatable bonds is 7. The van der Waals surface area contributed by atoms with Gasteiger partial charge in [-0.05, 0) is 37.6 Å². The van der Waals surface area contributed by atoms with E-state index in [1.54, 1.807) is 0 Å². The lowest BCUT2D eigenvalue weighted by atomic mass is 10.1. The number of halogens is 3. The summed E-state index contributed by atoms with van der Waals surface area (Å²) in [6.45, 7) is 4.24. The highest BCUT2D eigenvalue weighted by molar-refractivity contribution is 6.37. The number of benzene rings is 2. The molecule has 7 heteroatoms. The van der Waals surface area contributed by atoms with Crippen LogP contribution >= 0.6 is 34.8 Å². The highest BCUT2D eigenvalue weighted by atomic mass is 35.5. The number of carbonyl (C=O) groups is 1. The lowest BCUT2D eigenvalue weighted by Crippen LogP contribution is -2.10. The summed E-state index contributed by atoms with van der Waals surface area (Å²) in [7, 11) is 0. The van der Waals surface area contributed by atoms with E-state index in [9.17, 15) is 4.79 Å². The van der Waals surface area contributed by atoms with Gasteiger partial charge in [-0.3, -0.25) is 4.79 Å². The summed E-state index contributed by atoms with van der Waals surface area (Å²) in [6.07, 6.45) is -0.158. The first-order chi connectivity index (χ1) is 11.8. The van der Waals surface area contributed by atoms with Crippen LogP contribution in [0.2, 0.25) is 15.1 Å². The van der Waals surface area contributed by atoms with Crippen LogP contribution in [0.15, 0.2) is 30.3 Å². The van der Waals surface area contributed by atoms with Crippen molar-refractivity contribution in [3.8, 4) is 5.75 Å². The highest BCUT2D eigenvalue weighted by Gasteiger charge is 2.13. The van der Waals surface area contributed by atoms with Crippen molar-refractivity contribution in [2.75, 3.05) is 5.32 Å². The molecule has 0 atom stereocenters. The van der Waals surface area contributed by atoms with E-state index in [0.29, 0.717) is 16.3 Å². The minimum absolute atomic E-state index is 0.158. The lowest BCUT2D eigenvalue weighted by molar-refractivity contribution is -0.136.